The van der Waals surface area contributed by atoms with Gasteiger partial charge in [0.25, 0.3) is 6.43 Å². The van der Waals surface area contributed by atoms with Crippen LogP contribution in [0.1, 0.15) is 17.6 Å². The number of nitrogens with two attached hydrogens (primary N) is 1. The number of hydrogen-bond donors (Lipinski definition) is 1. The molecule has 1 atom stereocenters. The topological polar surface area (TPSA) is 38.5 Å². The van der Waals surface area contributed by atoms with Crippen molar-refractivity contribution < 1.29 is 13.5 Å². The summed E-state index contributed by atoms with van der Waals surface area (Å²) in [5.41, 5.74) is 6.69. The van der Waals surface area contributed by atoms with E-state index in [1.165, 1.54) is 12.1 Å². The van der Waals surface area contributed by atoms with Gasteiger partial charge in [0.05, 0.1) is 12.7 Å². The Hall–Kier alpha value is -0.750. The van der Waals surface area contributed by atoms with E-state index in [2.05, 4.69) is 4.90 Å². The molecule has 1 aliphatic heterocycles. The number of rotatable bonds is 4. The molecule has 6 heteroatoms. The molecule has 108 valence electrons. The molecule has 1 aliphatic rings. The molecule has 0 radical (unpaired) electrons. The Morgan fingerprint density at radius 2 is 2.00 bits per heavy atom. The van der Waals surface area contributed by atoms with Gasteiger partial charge >= 0.3 is 0 Å². The number of alkyl halides is 2. The van der Waals surface area contributed by atoms with Gasteiger partial charge in [-0.3, -0.25) is 4.90 Å². The smallest absolute Gasteiger partial charge is 0.263 e. The van der Waals surface area contributed by atoms with Gasteiger partial charge in [0, 0.05) is 31.7 Å². The Morgan fingerprint density at radius 1 is 1.32 bits per heavy atom. The summed E-state index contributed by atoms with van der Waals surface area (Å²) in [5, 5.41) is 0. The lowest BCUT2D eigenvalue weighted by molar-refractivity contribution is -0.0260. The maximum atomic E-state index is 12.4. The molecule has 0 amide bonds. The molecule has 19 heavy (non-hydrogen) atoms. The minimum absolute atomic E-state index is 0. The van der Waals surface area contributed by atoms with Crippen molar-refractivity contribution in [3.05, 3.63) is 35.4 Å². The lowest BCUT2D eigenvalue weighted by Crippen LogP contribution is -2.45. The first-order chi connectivity index (χ1) is 8.69. The van der Waals surface area contributed by atoms with E-state index in [1.54, 1.807) is 12.1 Å². The maximum Gasteiger partial charge on any atom is 0.263 e. The fraction of sp³-hybridized carbons (Fsp3) is 0.538. The highest BCUT2D eigenvalue weighted by molar-refractivity contribution is 5.85. The Kier molecular flexibility index (Phi) is 6.65. The molecule has 0 aromatic heterocycles. The lowest BCUT2D eigenvalue weighted by atomic mass is 10.1. The van der Waals surface area contributed by atoms with Crippen molar-refractivity contribution in [2.24, 2.45) is 5.73 Å². The van der Waals surface area contributed by atoms with Crippen LogP contribution in [0.25, 0.3) is 0 Å². The van der Waals surface area contributed by atoms with E-state index in [0.717, 1.165) is 25.2 Å². The van der Waals surface area contributed by atoms with Crippen LogP contribution in [0.3, 0.4) is 0 Å². The van der Waals surface area contributed by atoms with Gasteiger partial charge in [-0.05, 0) is 5.56 Å². The van der Waals surface area contributed by atoms with Gasteiger partial charge in [-0.25, -0.2) is 8.78 Å². The zero-order valence-electron chi connectivity index (χ0n) is 10.6. The quantitative estimate of drug-likeness (QED) is 0.925. The number of morpholine rings is 1. The number of hydrogen-bond acceptors (Lipinski definition) is 3. The van der Waals surface area contributed by atoms with Crippen molar-refractivity contribution in [2.45, 2.75) is 19.1 Å². The molecule has 0 saturated carbocycles. The summed E-state index contributed by atoms with van der Waals surface area (Å²) < 4.78 is 30.3. The van der Waals surface area contributed by atoms with Crippen molar-refractivity contribution in [3.8, 4) is 0 Å². The average molecular weight is 293 g/mol. The van der Waals surface area contributed by atoms with Crippen molar-refractivity contribution in [2.75, 3.05) is 26.2 Å². The third-order valence-electron chi connectivity index (χ3n) is 3.12. The van der Waals surface area contributed by atoms with Crippen LogP contribution in [0, 0.1) is 0 Å². The Morgan fingerprint density at radius 3 is 2.58 bits per heavy atom. The van der Waals surface area contributed by atoms with Crippen molar-refractivity contribution in [1.82, 2.24) is 4.90 Å². The highest BCUT2D eigenvalue weighted by atomic mass is 35.5. The Labute approximate surface area is 118 Å². The highest BCUT2D eigenvalue weighted by Crippen LogP contribution is 2.19. The van der Waals surface area contributed by atoms with E-state index in [1.807, 2.05) is 0 Å². The lowest BCUT2D eigenvalue weighted by Gasteiger charge is -2.32. The van der Waals surface area contributed by atoms with Crippen LogP contribution in [-0.4, -0.2) is 37.2 Å². The van der Waals surface area contributed by atoms with Crippen LogP contribution in [-0.2, 0) is 11.3 Å². The fourth-order valence-corrected chi connectivity index (χ4v) is 2.09. The van der Waals surface area contributed by atoms with Gasteiger partial charge < -0.3 is 10.5 Å². The van der Waals surface area contributed by atoms with E-state index in [4.69, 9.17) is 10.5 Å². The first kappa shape index (κ1) is 16.3. The van der Waals surface area contributed by atoms with Gasteiger partial charge in [0.2, 0.25) is 0 Å². The van der Waals surface area contributed by atoms with Gasteiger partial charge in [-0.15, -0.1) is 12.4 Å². The summed E-state index contributed by atoms with van der Waals surface area (Å²) >= 11 is 0. The molecule has 1 saturated heterocycles. The maximum absolute atomic E-state index is 12.4. The van der Waals surface area contributed by atoms with Gasteiger partial charge in [0.1, 0.15) is 0 Å². The first-order valence-corrected chi connectivity index (χ1v) is 6.10. The summed E-state index contributed by atoms with van der Waals surface area (Å²) in [5.74, 6) is 0. The van der Waals surface area contributed by atoms with Gasteiger partial charge in [-0.2, -0.15) is 0 Å². The summed E-state index contributed by atoms with van der Waals surface area (Å²) in [6.07, 6.45) is -2.32. The predicted molar refractivity (Wildman–Crippen MR) is 72.7 cm³/mol. The normalized spacial score (nSPS) is 20.3. The molecule has 1 fully saturated rings. The van der Waals surface area contributed by atoms with Crippen LogP contribution in [0.15, 0.2) is 24.3 Å². The molecular formula is C13H19ClF2N2O. The second-order valence-electron chi connectivity index (χ2n) is 4.51. The highest BCUT2D eigenvalue weighted by Gasteiger charge is 2.19. The van der Waals surface area contributed by atoms with Crippen molar-refractivity contribution in [1.29, 1.82) is 0 Å². The molecule has 0 aliphatic carbocycles. The zero-order chi connectivity index (χ0) is 13.0. The average Bonchev–Trinajstić information content (AvgIpc) is 2.39. The number of nitrogens with zero attached hydrogens (tertiary/aromatic N) is 1. The molecule has 1 heterocycles. The second kappa shape index (κ2) is 7.75. The Balaban J connectivity index is 0.00000180. The summed E-state index contributed by atoms with van der Waals surface area (Å²) in [6.45, 7) is 3.60. The molecule has 1 aromatic rings. The molecule has 0 spiro atoms. The third-order valence-corrected chi connectivity index (χ3v) is 3.12. The minimum Gasteiger partial charge on any atom is -0.374 e. The van der Waals surface area contributed by atoms with E-state index in [9.17, 15) is 8.78 Å². The number of benzene rings is 1. The zero-order valence-corrected chi connectivity index (χ0v) is 11.4. The number of halogens is 3. The molecule has 1 aromatic carbocycles. The largest absolute Gasteiger partial charge is 0.374 e. The second-order valence-corrected chi connectivity index (χ2v) is 4.51. The van der Waals surface area contributed by atoms with Crippen LogP contribution in [0.2, 0.25) is 0 Å². The van der Waals surface area contributed by atoms with E-state index in [-0.39, 0.29) is 24.1 Å². The minimum atomic E-state index is -2.40. The molecule has 1 unspecified atom stereocenters. The van der Waals surface area contributed by atoms with Crippen LogP contribution >= 0.6 is 12.4 Å². The van der Waals surface area contributed by atoms with E-state index < -0.39 is 6.43 Å². The van der Waals surface area contributed by atoms with E-state index >= 15 is 0 Å². The summed E-state index contributed by atoms with van der Waals surface area (Å²) in [6, 6.07) is 6.49. The van der Waals surface area contributed by atoms with Crippen LogP contribution in [0.4, 0.5) is 8.78 Å². The standard InChI is InChI=1S/C13H18F2N2O.ClH/c14-13(15)11-3-1-10(2-4-11)8-17-5-6-18-12(7-16)9-17;/h1-4,12-13H,5-9,16H2;1H. The van der Waals surface area contributed by atoms with Crippen molar-refractivity contribution in [3.63, 3.8) is 0 Å². The van der Waals surface area contributed by atoms with Crippen LogP contribution in [0.5, 0.6) is 0 Å². The molecule has 2 N–H and O–H groups in total. The van der Waals surface area contributed by atoms with Crippen molar-refractivity contribution >= 4 is 12.4 Å². The van der Waals surface area contributed by atoms with Crippen LogP contribution < -0.4 is 5.73 Å². The molecular weight excluding hydrogens is 274 g/mol. The monoisotopic (exact) mass is 292 g/mol. The third kappa shape index (κ3) is 4.69. The fourth-order valence-electron chi connectivity index (χ4n) is 2.09. The van der Waals surface area contributed by atoms with Gasteiger partial charge in [-0.1, -0.05) is 24.3 Å². The molecule has 3 nitrogen and oxygen atoms in total. The van der Waals surface area contributed by atoms with E-state index in [0.29, 0.717) is 13.2 Å². The first-order valence-electron chi connectivity index (χ1n) is 6.10. The molecule has 0 bridgehead atoms. The summed E-state index contributed by atoms with van der Waals surface area (Å²) in [7, 11) is 0. The Bertz CT molecular complexity index is 375. The molecule has 2 rings (SSSR count). The number of ether oxygens (including phenoxy) is 1. The van der Waals surface area contributed by atoms with Gasteiger partial charge in [0.15, 0.2) is 0 Å². The summed E-state index contributed by atoms with van der Waals surface area (Å²) in [4.78, 5) is 2.23. The predicted octanol–water partition coefficient (Wildman–Crippen LogP) is 2.21. The SMILES string of the molecule is Cl.NCC1CN(Cc2ccc(C(F)F)cc2)CCO1.